The molecule has 0 aromatic heterocycles. The molecule has 4 nitrogen and oxygen atoms in total. The van der Waals surface area contributed by atoms with Crippen molar-refractivity contribution in [2.45, 2.75) is 129 Å². The normalized spacial score (nSPS) is 12.7. The van der Waals surface area contributed by atoms with Crippen LogP contribution >= 0.6 is 0 Å². The van der Waals surface area contributed by atoms with Gasteiger partial charge >= 0.3 is 51.4 Å². The molecule has 0 fully saturated rings. The molecule has 0 aliphatic rings. The van der Waals surface area contributed by atoms with Gasteiger partial charge in [-0.25, -0.2) is 8.42 Å². The van der Waals surface area contributed by atoms with Gasteiger partial charge in [0.05, 0.1) is 16.2 Å². The van der Waals surface area contributed by atoms with E-state index < -0.39 is 10.1 Å². The summed E-state index contributed by atoms with van der Waals surface area (Å²) in [4.78, 5) is 0. The Balaban J connectivity index is 0. The molecule has 0 bridgehead atoms. The van der Waals surface area contributed by atoms with Crippen LogP contribution in [0.1, 0.15) is 122 Å². The topological polar surface area (TPSA) is 77.4 Å². The van der Waals surface area contributed by atoms with Crippen molar-refractivity contribution in [1.82, 2.24) is 0 Å². The molecule has 27 heavy (non-hydrogen) atoms. The number of unbranched alkanes of at least 4 members (excludes halogenated alkanes) is 14. The van der Waals surface area contributed by atoms with E-state index in [0.717, 1.165) is 12.8 Å². The van der Waals surface area contributed by atoms with Gasteiger partial charge in [0.2, 0.25) is 0 Å². The fourth-order valence-electron chi connectivity index (χ4n) is 3.38. The van der Waals surface area contributed by atoms with Crippen molar-refractivity contribution in [2.24, 2.45) is 0 Å². The third-order valence-corrected chi connectivity index (χ3v) is 5.86. The van der Waals surface area contributed by atoms with Gasteiger partial charge in [-0.05, 0) is 25.7 Å². The Hall–Kier alpha value is 1.51. The van der Waals surface area contributed by atoms with E-state index in [1.54, 1.807) is 0 Å². The van der Waals surface area contributed by atoms with Gasteiger partial charge in [0.1, 0.15) is 0 Å². The van der Waals surface area contributed by atoms with E-state index >= 15 is 0 Å². The summed E-state index contributed by atoms with van der Waals surface area (Å²) in [6.07, 6.45) is 20.6. The van der Waals surface area contributed by atoms with E-state index in [4.69, 9.17) is 0 Å². The van der Waals surface area contributed by atoms with Crippen molar-refractivity contribution >= 4 is 10.1 Å². The van der Waals surface area contributed by atoms with Crippen LogP contribution in [0.15, 0.2) is 0 Å². The van der Waals surface area contributed by atoms with Crippen LogP contribution in [0.3, 0.4) is 0 Å². The number of rotatable bonds is 20. The minimum atomic E-state index is -4.10. The van der Waals surface area contributed by atoms with Crippen LogP contribution in [0, 0.1) is 0 Å². The number of hydrogen-bond donors (Lipinski definition) is 1. The first kappa shape index (κ1) is 30.7. The van der Waals surface area contributed by atoms with Gasteiger partial charge < -0.3 is 9.66 Å². The monoisotopic (exact) mass is 430 g/mol. The summed E-state index contributed by atoms with van der Waals surface area (Å²) in [5.41, 5.74) is 0. The summed E-state index contributed by atoms with van der Waals surface area (Å²) in [6.45, 7) is 2.26. The van der Waals surface area contributed by atoms with Crippen molar-refractivity contribution in [3.8, 4) is 0 Å². The summed E-state index contributed by atoms with van der Waals surface area (Å²) in [5.74, 6) is -0.307. The fourth-order valence-corrected chi connectivity index (χ4v) is 3.94. The summed E-state index contributed by atoms with van der Waals surface area (Å²) in [7, 11) is -4.10. The summed E-state index contributed by atoms with van der Waals surface area (Å²) in [6, 6.07) is 0. The maximum Gasteiger partial charge on any atom is 1.00 e. The SMILES string of the molecule is CCCCCCCCCCCCCCCCC(O)CCCCS(=O)(=O)[O-].[K+]. The fraction of sp³-hybridized carbons (Fsp3) is 1.00. The average Bonchev–Trinajstić information content (AvgIpc) is 2.58. The Bertz CT molecular complexity index is 388. The van der Waals surface area contributed by atoms with Gasteiger partial charge in [-0.2, -0.15) is 0 Å². The number of aliphatic hydroxyl groups excluding tert-OH is 1. The molecular formula is C21H43KO4S. The first-order chi connectivity index (χ1) is 12.5. The van der Waals surface area contributed by atoms with E-state index in [1.807, 2.05) is 0 Å². The molecule has 1 N–H and O–H groups in total. The van der Waals surface area contributed by atoms with Crippen LogP contribution in [0.4, 0.5) is 0 Å². The van der Waals surface area contributed by atoms with E-state index in [9.17, 15) is 18.1 Å². The van der Waals surface area contributed by atoms with Crippen molar-refractivity contribution in [3.63, 3.8) is 0 Å². The molecule has 6 heteroatoms. The Kier molecular flexibility index (Phi) is 25.2. The molecule has 0 rings (SSSR count). The maximum atomic E-state index is 10.5. The molecule has 1 atom stereocenters. The van der Waals surface area contributed by atoms with Gasteiger partial charge in [-0.3, -0.25) is 0 Å². The summed E-state index contributed by atoms with van der Waals surface area (Å²) in [5, 5.41) is 9.84. The summed E-state index contributed by atoms with van der Waals surface area (Å²) >= 11 is 0. The second-order valence-electron chi connectivity index (χ2n) is 7.80. The first-order valence-electron chi connectivity index (χ1n) is 11.1. The van der Waals surface area contributed by atoms with Crippen molar-refractivity contribution in [1.29, 1.82) is 0 Å². The van der Waals surface area contributed by atoms with Gasteiger partial charge in [-0.15, -0.1) is 0 Å². The van der Waals surface area contributed by atoms with Crippen molar-refractivity contribution < 1.29 is 69.5 Å². The molecule has 0 radical (unpaired) electrons. The molecule has 0 saturated carbocycles. The molecule has 0 aromatic carbocycles. The second-order valence-corrected chi connectivity index (χ2v) is 9.32. The Morgan fingerprint density at radius 2 is 1.00 bits per heavy atom. The standard InChI is InChI=1S/C21H44O4S.K/c1-2-3-4-5-6-7-8-9-10-11-12-13-14-15-18-21(22)19-16-17-20-26(23,24)25;/h21-22H,2-20H2,1H3,(H,23,24,25);/q;+1/p-1. The van der Waals surface area contributed by atoms with Crippen LogP contribution in [0.2, 0.25) is 0 Å². The van der Waals surface area contributed by atoms with E-state index in [2.05, 4.69) is 6.92 Å². The molecule has 158 valence electrons. The van der Waals surface area contributed by atoms with Crippen molar-refractivity contribution in [3.05, 3.63) is 0 Å². The predicted octanol–water partition coefficient (Wildman–Crippen LogP) is 2.94. The molecule has 0 aliphatic carbocycles. The third kappa shape index (κ3) is 27.5. The molecule has 0 amide bonds. The molecule has 0 heterocycles. The minimum absolute atomic E-state index is 0. The largest absolute Gasteiger partial charge is 1.00 e. The number of aliphatic hydroxyl groups is 1. The molecule has 1 unspecified atom stereocenters. The molecule has 0 aromatic rings. The van der Waals surface area contributed by atoms with Gasteiger partial charge in [0, 0.05) is 5.75 Å². The zero-order valence-corrected chi connectivity index (χ0v) is 22.0. The Morgan fingerprint density at radius 3 is 1.37 bits per heavy atom. The van der Waals surface area contributed by atoms with Crippen molar-refractivity contribution in [2.75, 3.05) is 5.75 Å². The quantitative estimate of drug-likeness (QED) is 0.183. The smallest absolute Gasteiger partial charge is 0.748 e. The zero-order chi connectivity index (χ0) is 19.5. The minimum Gasteiger partial charge on any atom is -0.748 e. The molecule has 0 spiro atoms. The van der Waals surface area contributed by atoms with Gasteiger partial charge in [0.25, 0.3) is 0 Å². The first-order valence-corrected chi connectivity index (χ1v) is 12.6. The average molecular weight is 431 g/mol. The second kappa shape index (κ2) is 22.2. The van der Waals surface area contributed by atoms with Gasteiger partial charge in [-0.1, -0.05) is 96.8 Å². The maximum absolute atomic E-state index is 10.5. The van der Waals surface area contributed by atoms with Crippen LogP contribution in [0.25, 0.3) is 0 Å². The van der Waals surface area contributed by atoms with Gasteiger partial charge in [0.15, 0.2) is 0 Å². The predicted molar refractivity (Wildman–Crippen MR) is 109 cm³/mol. The van der Waals surface area contributed by atoms with E-state index in [0.29, 0.717) is 19.3 Å². The van der Waals surface area contributed by atoms with E-state index in [1.165, 1.54) is 83.5 Å². The zero-order valence-electron chi connectivity index (χ0n) is 18.1. The molecular weight excluding hydrogens is 387 g/mol. The van der Waals surface area contributed by atoms with E-state index in [-0.39, 0.29) is 63.2 Å². The van der Waals surface area contributed by atoms with Crippen LogP contribution < -0.4 is 51.4 Å². The Morgan fingerprint density at radius 1 is 0.667 bits per heavy atom. The Labute approximate surface area is 211 Å². The molecule has 0 aliphatic heterocycles. The summed E-state index contributed by atoms with van der Waals surface area (Å²) < 4.78 is 31.4. The number of hydrogen-bond acceptors (Lipinski definition) is 4. The molecule has 0 saturated heterocycles. The third-order valence-electron chi connectivity index (χ3n) is 5.07. The van der Waals surface area contributed by atoms with Crippen LogP contribution in [0.5, 0.6) is 0 Å². The van der Waals surface area contributed by atoms with Crippen LogP contribution in [-0.2, 0) is 10.1 Å². The van der Waals surface area contributed by atoms with Crippen LogP contribution in [-0.4, -0.2) is 29.9 Å².